The molecule has 2 heterocycles. The van der Waals surface area contributed by atoms with E-state index >= 15 is 0 Å². The number of nitrogens with one attached hydrogen (secondary N) is 1. The van der Waals surface area contributed by atoms with Crippen molar-refractivity contribution in [3.63, 3.8) is 0 Å². The third kappa shape index (κ3) is 2.58. The molecule has 0 amide bonds. The van der Waals surface area contributed by atoms with Gasteiger partial charge < -0.3 is 9.47 Å². The van der Waals surface area contributed by atoms with Crippen molar-refractivity contribution in [2.75, 3.05) is 20.8 Å². The molecule has 2 aromatic heterocycles. The second-order valence-corrected chi connectivity index (χ2v) is 4.73. The molecule has 0 aliphatic rings. The Hall–Kier alpha value is -2.67. The molecule has 0 fully saturated rings. The second-order valence-electron chi connectivity index (χ2n) is 4.73. The molecule has 0 saturated heterocycles. The Morgan fingerprint density at radius 2 is 2.18 bits per heavy atom. The summed E-state index contributed by atoms with van der Waals surface area (Å²) in [5.41, 5.74) is 2.29. The first-order chi connectivity index (χ1) is 10.7. The van der Waals surface area contributed by atoms with Gasteiger partial charge in [0.1, 0.15) is 5.75 Å². The summed E-state index contributed by atoms with van der Waals surface area (Å²) in [6.45, 7) is 0.870. The van der Waals surface area contributed by atoms with Crippen molar-refractivity contribution in [1.82, 2.24) is 19.5 Å². The highest BCUT2D eigenvalue weighted by molar-refractivity contribution is 5.71. The zero-order valence-corrected chi connectivity index (χ0v) is 12.4. The third-order valence-corrected chi connectivity index (χ3v) is 3.36. The highest BCUT2D eigenvalue weighted by atomic mass is 16.5. The van der Waals surface area contributed by atoms with Gasteiger partial charge in [-0.05, 0) is 12.1 Å². The largest absolute Gasteiger partial charge is 0.497 e. The quantitative estimate of drug-likeness (QED) is 0.771. The van der Waals surface area contributed by atoms with Crippen molar-refractivity contribution in [2.45, 2.75) is 6.54 Å². The van der Waals surface area contributed by atoms with Crippen molar-refractivity contribution in [2.24, 2.45) is 0 Å². The van der Waals surface area contributed by atoms with E-state index in [2.05, 4.69) is 15.0 Å². The van der Waals surface area contributed by atoms with Crippen LogP contribution in [0.3, 0.4) is 0 Å². The number of aromatic nitrogens is 4. The van der Waals surface area contributed by atoms with Crippen molar-refractivity contribution >= 4 is 11.3 Å². The van der Waals surface area contributed by atoms with Gasteiger partial charge in [0.25, 0.3) is 0 Å². The van der Waals surface area contributed by atoms with Crippen LogP contribution in [-0.2, 0) is 11.3 Å². The molecule has 3 aromatic rings. The van der Waals surface area contributed by atoms with E-state index in [-0.39, 0.29) is 5.69 Å². The molecule has 0 radical (unpaired) electrons. The van der Waals surface area contributed by atoms with E-state index in [9.17, 15) is 4.79 Å². The van der Waals surface area contributed by atoms with Gasteiger partial charge in [0, 0.05) is 12.7 Å². The van der Waals surface area contributed by atoms with Gasteiger partial charge in [-0.15, -0.1) is 0 Å². The minimum atomic E-state index is -0.241. The molecular weight excluding hydrogens is 284 g/mol. The van der Waals surface area contributed by atoms with Crippen molar-refractivity contribution in [3.05, 3.63) is 40.9 Å². The predicted octanol–water partition coefficient (Wildman–Crippen LogP) is 1.44. The van der Waals surface area contributed by atoms with Gasteiger partial charge in [0.2, 0.25) is 0 Å². The minimum Gasteiger partial charge on any atom is -0.497 e. The number of benzene rings is 1. The summed E-state index contributed by atoms with van der Waals surface area (Å²) >= 11 is 0. The molecule has 0 aliphatic heterocycles. The number of ether oxygens (including phenoxy) is 2. The fourth-order valence-corrected chi connectivity index (χ4v) is 2.24. The van der Waals surface area contributed by atoms with Gasteiger partial charge >= 0.3 is 5.69 Å². The van der Waals surface area contributed by atoms with Crippen LogP contribution in [0.25, 0.3) is 22.6 Å². The topological polar surface area (TPSA) is 82.0 Å². The fraction of sp³-hybridized carbons (Fsp3) is 0.267. The highest BCUT2D eigenvalue weighted by Gasteiger charge is 2.11. The Labute approximate surface area is 126 Å². The summed E-state index contributed by atoms with van der Waals surface area (Å²) < 4.78 is 11.7. The first kappa shape index (κ1) is 14.3. The van der Waals surface area contributed by atoms with Crippen LogP contribution in [0.5, 0.6) is 5.75 Å². The number of H-pyrrole nitrogens is 1. The molecule has 114 valence electrons. The van der Waals surface area contributed by atoms with Gasteiger partial charge in [-0.3, -0.25) is 9.55 Å². The standard InChI is InChI=1S/C15H16N4O3/c1-21-7-6-19-14-13(18-15(19)20)17-12(9-16-14)10-4-3-5-11(8-10)22-2/h3-5,8-9H,6-7H2,1-2H3,(H,17,18,20). The molecule has 7 nitrogen and oxygen atoms in total. The maximum atomic E-state index is 11.9. The first-order valence-corrected chi connectivity index (χ1v) is 6.82. The number of imidazole rings is 1. The van der Waals surface area contributed by atoms with E-state index in [1.165, 1.54) is 4.57 Å². The van der Waals surface area contributed by atoms with E-state index in [1.807, 2.05) is 24.3 Å². The number of methoxy groups -OCH3 is 2. The average Bonchev–Trinajstić information content (AvgIpc) is 2.87. The van der Waals surface area contributed by atoms with E-state index in [1.54, 1.807) is 20.4 Å². The lowest BCUT2D eigenvalue weighted by Crippen LogP contribution is -2.19. The number of fused-ring (bicyclic) bond motifs is 1. The Balaban J connectivity index is 2.05. The van der Waals surface area contributed by atoms with Crippen LogP contribution in [-0.4, -0.2) is 40.3 Å². The van der Waals surface area contributed by atoms with E-state index in [0.29, 0.717) is 30.1 Å². The van der Waals surface area contributed by atoms with Gasteiger partial charge in [-0.1, -0.05) is 12.1 Å². The van der Waals surface area contributed by atoms with Crippen LogP contribution in [0.15, 0.2) is 35.3 Å². The molecule has 22 heavy (non-hydrogen) atoms. The number of aromatic amines is 1. The summed E-state index contributed by atoms with van der Waals surface area (Å²) in [6, 6.07) is 7.53. The molecule has 0 spiro atoms. The van der Waals surface area contributed by atoms with Crippen molar-refractivity contribution in [3.8, 4) is 17.0 Å². The summed E-state index contributed by atoms with van der Waals surface area (Å²) in [5.74, 6) is 0.741. The molecule has 0 unspecified atom stereocenters. The molecule has 7 heteroatoms. The monoisotopic (exact) mass is 300 g/mol. The summed E-state index contributed by atoms with van der Waals surface area (Å²) in [7, 11) is 3.20. The van der Waals surface area contributed by atoms with Crippen LogP contribution >= 0.6 is 0 Å². The second kappa shape index (κ2) is 5.98. The van der Waals surface area contributed by atoms with Crippen LogP contribution in [0, 0.1) is 0 Å². The number of nitrogens with zero attached hydrogens (tertiary/aromatic N) is 3. The Morgan fingerprint density at radius 3 is 2.95 bits per heavy atom. The summed E-state index contributed by atoms with van der Waals surface area (Å²) in [5, 5.41) is 0. The SMILES string of the molecule is COCCn1c(=O)[nH]c2nc(-c3cccc(OC)c3)cnc21. The fourth-order valence-electron chi connectivity index (χ4n) is 2.24. The van der Waals surface area contributed by atoms with Gasteiger partial charge in [-0.2, -0.15) is 0 Å². The lowest BCUT2D eigenvalue weighted by atomic mass is 10.1. The summed E-state index contributed by atoms with van der Waals surface area (Å²) in [4.78, 5) is 23.5. The van der Waals surface area contributed by atoms with Crippen LogP contribution < -0.4 is 10.4 Å². The smallest absolute Gasteiger partial charge is 0.328 e. The zero-order valence-electron chi connectivity index (χ0n) is 12.4. The predicted molar refractivity (Wildman–Crippen MR) is 82.0 cm³/mol. The summed E-state index contributed by atoms with van der Waals surface area (Å²) in [6.07, 6.45) is 1.65. The van der Waals surface area contributed by atoms with Crippen molar-refractivity contribution < 1.29 is 9.47 Å². The minimum absolute atomic E-state index is 0.241. The molecule has 3 rings (SSSR count). The number of hydrogen-bond acceptors (Lipinski definition) is 5. The Bertz CT molecular complexity index is 853. The van der Waals surface area contributed by atoms with E-state index in [4.69, 9.17) is 9.47 Å². The lowest BCUT2D eigenvalue weighted by Gasteiger charge is -2.04. The molecular formula is C15H16N4O3. The van der Waals surface area contributed by atoms with Gasteiger partial charge in [-0.25, -0.2) is 14.8 Å². The maximum Gasteiger partial charge on any atom is 0.328 e. The van der Waals surface area contributed by atoms with Crippen LogP contribution in [0.1, 0.15) is 0 Å². The normalized spacial score (nSPS) is 11.0. The first-order valence-electron chi connectivity index (χ1n) is 6.82. The molecule has 0 bridgehead atoms. The van der Waals surface area contributed by atoms with Crippen molar-refractivity contribution in [1.29, 1.82) is 0 Å². The Morgan fingerprint density at radius 1 is 1.32 bits per heavy atom. The lowest BCUT2D eigenvalue weighted by molar-refractivity contribution is 0.187. The van der Waals surface area contributed by atoms with Crippen LogP contribution in [0.2, 0.25) is 0 Å². The van der Waals surface area contributed by atoms with E-state index in [0.717, 1.165) is 11.3 Å². The van der Waals surface area contributed by atoms with Gasteiger partial charge in [0.15, 0.2) is 11.3 Å². The highest BCUT2D eigenvalue weighted by Crippen LogP contribution is 2.22. The van der Waals surface area contributed by atoms with Gasteiger partial charge in [0.05, 0.1) is 32.2 Å². The van der Waals surface area contributed by atoms with E-state index < -0.39 is 0 Å². The van der Waals surface area contributed by atoms with Crippen LogP contribution in [0.4, 0.5) is 0 Å². The molecule has 0 saturated carbocycles. The molecule has 0 aliphatic carbocycles. The number of rotatable bonds is 5. The third-order valence-electron chi connectivity index (χ3n) is 3.36. The molecule has 0 atom stereocenters. The molecule has 1 N–H and O–H groups in total. The maximum absolute atomic E-state index is 11.9. The average molecular weight is 300 g/mol. The molecule has 1 aromatic carbocycles. The Kier molecular flexibility index (Phi) is 3.88. The number of hydrogen-bond donors (Lipinski definition) is 1. The zero-order chi connectivity index (χ0) is 15.5.